The Balaban J connectivity index is 0.00000180. The number of benzene rings is 1. The van der Waals surface area contributed by atoms with Gasteiger partial charge in [0.1, 0.15) is 5.52 Å². The first-order chi connectivity index (χ1) is 16.0. The number of anilines is 1. The fourth-order valence-electron chi connectivity index (χ4n) is 4.99. The van der Waals surface area contributed by atoms with E-state index < -0.39 is 27.2 Å². The Morgan fingerprint density at radius 1 is 1.05 bits per heavy atom. The third-order valence-electron chi connectivity index (χ3n) is 6.55. The zero-order chi connectivity index (χ0) is 24.3. The van der Waals surface area contributed by atoms with Crippen LogP contribution < -0.4 is 29.9 Å². The van der Waals surface area contributed by atoms with Crippen LogP contribution in [0, 0.1) is 11.3 Å². The summed E-state index contributed by atoms with van der Waals surface area (Å²) in [6.45, 7) is -0.387. The minimum atomic E-state index is -4.85. The summed E-state index contributed by atoms with van der Waals surface area (Å²) in [5, 5.41) is 3.03. The van der Waals surface area contributed by atoms with Crippen LogP contribution in [0.5, 0.6) is 0 Å². The summed E-state index contributed by atoms with van der Waals surface area (Å²) in [6, 6.07) is 9.07. The quantitative estimate of drug-likeness (QED) is 0.173. The molecule has 17 nitrogen and oxygen atoms in total. The molecule has 0 unspecified atom stereocenters. The van der Waals surface area contributed by atoms with Gasteiger partial charge in [0.2, 0.25) is 0 Å². The lowest BCUT2D eigenvalue weighted by Crippen LogP contribution is -2.26. The van der Waals surface area contributed by atoms with E-state index in [0.717, 1.165) is 5.56 Å². The molecule has 0 aliphatic heterocycles. The number of fused-ring (bicyclic) bond motifs is 2. The Kier molecular flexibility index (Phi) is 10.4. The van der Waals surface area contributed by atoms with E-state index in [9.17, 15) is 28.7 Å². The highest BCUT2D eigenvalue weighted by Crippen LogP contribution is 2.71. The van der Waals surface area contributed by atoms with Gasteiger partial charge < -0.3 is 54.1 Å². The van der Waals surface area contributed by atoms with Gasteiger partial charge in [0.05, 0.1) is 19.0 Å². The Labute approximate surface area is 218 Å². The standard InChI is InChI=1S/C19H23N5O8P2.4H3N/c1-20-17-15-18(23-16(22-17)11-5-3-2-4-6-11)24(10-21-15)13-7-14(32-34(28,29)30)19(8-12(13)19)9-31-33(25,26)27;;;;/h2-6,10,12-14H,7-9H2,1H3,(H,20,22,23)(H2,25,26,27)(H2,28,29,30);4*1H3/t12-,13-,14+,19+;;;;/m1..../s1. The lowest BCUT2D eigenvalue weighted by molar-refractivity contribution is 0.0498. The van der Waals surface area contributed by atoms with Crippen molar-refractivity contribution >= 4 is 32.6 Å². The molecule has 38 heavy (non-hydrogen) atoms. The Morgan fingerprint density at radius 2 is 1.71 bits per heavy atom. The number of phosphoric acid groups is 2. The van der Waals surface area contributed by atoms with E-state index in [4.69, 9.17) is 14.0 Å². The van der Waals surface area contributed by atoms with Gasteiger partial charge in [0.25, 0.3) is 0 Å². The molecule has 3 aromatic rings. The fraction of sp³-hybridized carbons (Fsp3) is 0.421. The number of hydrogen-bond acceptors (Lipinski definition) is 12. The monoisotopic (exact) mass is 579 g/mol. The summed E-state index contributed by atoms with van der Waals surface area (Å²) >= 11 is 0. The first-order valence-electron chi connectivity index (χ1n) is 10.4. The largest absolute Gasteiger partial charge is 0.469 e. The Morgan fingerprint density at radius 3 is 2.29 bits per heavy atom. The molecule has 0 spiro atoms. The molecule has 2 aliphatic rings. The van der Waals surface area contributed by atoms with Crippen molar-refractivity contribution in [1.29, 1.82) is 0 Å². The first-order valence-corrected chi connectivity index (χ1v) is 13.5. The molecule has 1 aromatic carbocycles. The van der Waals surface area contributed by atoms with E-state index in [1.807, 2.05) is 34.9 Å². The summed E-state index contributed by atoms with van der Waals surface area (Å²) < 4.78 is 34.5. The highest BCUT2D eigenvalue weighted by atomic mass is 31.2. The van der Waals surface area contributed by atoms with E-state index in [-0.39, 0.29) is 49.6 Å². The normalized spacial score (nSPS) is 23.8. The molecule has 0 bridgehead atoms. The highest BCUT2D eigenvalue weighted by Gasteiger charge is 2.70. The molecule has 17 N–H and O–H groups in total. The molecule has 19 heteroatoms. The molecule has 4 atom stereocenters. The minimum Gasteiger partial charge on any atom is -0.371 e. The maximum absolute atomic E-state index is 11.6. The molecular weight excluding hydrogens is 544 g/mol. The van der Waals surface area contributed by atoms with Crippen molar-refractivity contribution in [2.75, 3.05) is 19.0 Å². The molecule has 2 aliphatic carbocycles. The van der Waals surface area contributed by atoms with Crippen LogP contribution in [0.1, 0.15) is 18.9 Å². The van der Waals surface area contributed by atoms with Gasteiger partial charge >= 0.3 is 15.6 Å². The zero-order valence-corrected chi connectivity index (χ0v) is 22.5. The lowest BCUT2D eigenvalue weighted by Gasteiger charge is -2.24. The second-order valence-electron chi connectivity index (χ2n) is 8.53. The van der Waals surface area contributed by atoms with Crippen molar-refractivity contribution in [2.24, 2.45) is 11.3 Å². The molecule has 0 radical (unpaired) electrons. The maximum Gasteiger partial charge on any atom is 0.469 e. The van der Waals surface area contributed by atoms with Gasteiger partial charge in [-0.05, 0) is 18.8 Å². The second-order valence-corrected chi connectivity index (χ2v) is 11.0. The number of nitrogens with one attached hydrogen (secondary N) is 1. The van der Waals surface area contributed by atoms with Crippen LogP contribution in [0.25, 0.3) is 22.6 Å². The fourth-order valence-corrected chi connectivity index (χ4v) is 6.03. The van der Waals surface area contributed by atoms with Crippen LogP contribution in [-0.4, -0.2) is 58.9 Å². The SMILES string of the molecule is CNc1nc(-c2ccccc2)nc2c1ncn2[C@@H]1C[C@H](OP(=O)(O)O)[C@]2(COP(=O)(O)O)C[C@H]12.N.N.N.N. The van der Waals surface area contributed by atoms with Crippen LogP contribution in [0.2, 0.25) is 0 Å². The van der Waals surface area contributed by atoms with Gasteiger partial charge in [-0.3, -0.25) is 9.05 Å². The molecule has 2 heterocycles. The Hall–Kier alpha value is -2.37. The van der Waals surface area contributed by atoms with Crippen molar-refractivity contribution < 1.29 is 37.8 Å². The van der Waals surface area contributed by atoms with E-state index in [2.05, 4.69) is 15.3 Å². The summed E-state index contributed by atoms with van der Waals surface area (Å²) in [6.07, 6.45) is 1.22. The topological polar surface area (TPSA) is 329 Å². The number of aromatic nitrogens is 4. The number of hydrogen-bond donors (Lipinski definition) is 9. The van der Waals surface area contributed by atoms with E-state index in [0.29, 0.717) is 29.2 Å². The van der Waals surface area contributed by atoms with Crippen molar-refractivity contribution in [1.82, 2.24) is 44.1 Å². The molecule has 0 saturated heterocycles. The average Bonchev–Trinajstić information content (AvgIpc) is 3.24. The number of nitrogens with zero attached hydrogens (tertiary/aromatic N) is 4. The summed E-state index contributed by atoms with van der Waals surface area (Å²) in [5.41, 5.74) is 0.916. The predicted molar refractivity (Wildman–Crippen MR) is 140 cm³/mol. The molecule has 2 fully saturated rings. The third-order valence-corrected chi connectivity index (χ3v) is 7.55. The maximum atomic E-state index is 11.6. The zero-order valence-electron chi connectivity index (χ0n) is 20.8. The van der Waals surface area contributed by atoms with E-state index >= 15 is 0 Å². The molecule has 214 valence electrons. The van der Waals surface area contributed by atoms with Crippen LogP contribution in [0.15, 0.2) is 36.7 Å². The average molecular weight is 579 g/mol. The number of phosphoric ester groups is 2. The van der Waals surface area contributed by atoms with Crippen molar-refractivity contribution in [3.8, 4) is 11.4 Å². The molecular formula is C19H35N9O8P2. The highest BCUT2D eigenvalue weighted by molar-refractivity contribution is 7.46. The van der Waals surface area contributed by atoms with Crippen molar-refractivity contribution in [2.45, 2.75) is 25.0 Å². The van der Waals surface area contributed by atoms with Crippen LogP contribution in [0.4, 0.5) is 5.82 Å². The van der Waals surface area contributed by atoms with Gasteiger partial charge in [-0.25, -0.2) is 24.1 Å². The summed E-state index contributed by atoms with van der Waals surface area (Å²) in [5.74, 6) is 0.795. The van der Waals surface area contributed by atoms with Crippen LogP contribution in [0.3, 0.4) is 0 Å². The first kappa shape index (κ1) is 33.7. The predicted octanol–water partition coefficient (Wildman–Crippen LogP) is 2.72. The third kappa shape index (κ3) is 6.26. The van der Waals surface area contributed by atoms with Gasteiger partial charge in [-0.15, -0.1) is 0 Å². The van der Waals surface area contributed by atoms with E-state index in [1.54, 1.807) is 13.4 Å². The number of imidazole rings is 1. The smallest absolute Gasteiger partial charge is 0.371 e. The van der Waals surface area contributed by atoms with Crippen molar-refractivity contribution in [3.63, 3.8) is 0 Å². The second kappa shape index (κ2) is 11.8. The molecule has 2 aromatic heterocycles. The molecule has 0 amide bonds. The minimum absolute atomic E-state index is 0. The van der Waals surface area contributed by atoms with Gasteiger partial charge in [-0.1, -0.05) is 30.3 Å². The van der Waals surface area contributed by atoms with Crippen LogP contribution >= 0.6 is 15.6 Å². The molecule has 2 saturated carbocycles. The van der Waals surface area contributed by atoms with E-state index in [1.165, 1.54) is 0 Å². The summed E-state index contributed by atoms with van der Waals surface area (Å²) in [4.78, 5) is 50.9. The Bertz CT molecular complexity index is 1330. The van der Waals surface area contributed by atoms with Gasteiger partial charge in [-0.2, -0.15) is 0 Å². The number of rotatable bonds is 8. The summed E-state index contributed by atoms with van der Waals surface area (Å²) in [7, 11) is -7.91. The van der Waals surface area contributed by atoms with Crippen LogP contribution in [-0.2, 0) is 18.2 Å². The van der Waals surface area contributed by atoms with Crippen molar-refractivity contribution in [3.05, 3.63) is 36.7 Å². The molecule has 5 rings (SSSR count). The lowest BCUT2D eigenvalue weighted by atomic mass is 10.0. The van der Waals surface area contributed by atoms with Gasteiger partial charge in [0, 0.05) is 24.1 Å². The van der Waals surface area contributed by atoms with Gasteiger partial charge in [0.15, 0.2) is 17.3 Å².